The van der Waals surface area contributed by atoms with E-state index in [9.17, 15) is 4.79 Å². The number of likely N-dealkylation sites (tertiary alicyclic amines) is 1. The van der Waals surface area contributed by atoms with Crippen molar-refractivity contribution in [3.8, 4) is 6.07 Å². The molecule has 2 atom stereocenters. The SMILES string of the molecule is C[C@@H]1CN(c2ncc(C#N)cn2)C[C@H](C)N1C(=O)NCCC1CCN(CC23C4C5C6C4C2C6C53)CC1. The minimum absolute atomic E-state index is 0.0491. The summed E-state index contributed by atoms with van der Waals surface area (Å²) in [7, 11) is 0. The van der Waals surface area contributed by atoms with Gasteiger partial charge in [-0.05, 0) is 99.0 Å². The summed E-state index contributed by atoms with van der Waals surface area (Å²) in [6.45, 7) is 10.3. The third-order valence-electron chi connectivity index (χ3n) is 11.9. The Labute approximate surface area is 213 Å². The normalized spacial score (nSPS) is 45.3. The molecule has 0 aromatic carbocycles. The van der Waals surface area contributed by atoms with Gasteiger partial charge in [-0.1, -0.05) is 0 Å². The summed E-state index contributed by atoms with van der Waals surface area (Å²) in [5.74, 6) is 9.68. The van der Waals surface area contributed by atoms with E-state index in [1.807, 2.05) is 4.90 Å². The Bertz CT molecular complexity index is 1060. The Morgan fingerprint density at radius 1 is 1.06 bits per heavy atom. The minimum Gasteiger partial charge on any atom is -0.338 e. The lowest BCUT2D eigenvalue weighted by Gasteiger charge is -3.08. The number of carbonyl (C=O) groups is 1. The van der Waals surface area contributed by atoms with Crippen molar-refractivity contribution in [2.75, 3.05) is 44.2 Å². The van der Waals surface area contributed by atoms with E-state index >= 15 is 0 Å². The first-order valence-electron chi connectivity index (χ1n) is 14.3. The number of piperidine rings is 1. The van der Waals surface area contributed by atoms with Crippen molar-refractivity contribution >= 4 is 12.0 Å². The highest BCUT2D eigenvalue weighted by Crippen LogP contribution is 3.05. The number of nitrogens with zero attached hydrogens (tertiary/aromatic N) is 6. The van der Waals surface area contributed by atoms with Gasteiger partial charge >= 0.3 is 6.03 Å². The predicted octanol–water partition coefficient (Wildman–Crippen LogP) is 2.43. The Kier molecular flexibility index (Phi) is 4.42. The number of nitrogens with one attached hydrogen (secondary N) is 1. The molecule has 3 heterocycles. The molecule has 0 unspecified atom stereocenters. The summed E-state index contributed by atoms with van der Waals surface area (Å²) in [6.07, 6.45) is 6.80. The van der Waals surface area contributed by atoms with Crippen molar-refractivity contribution in [2.45, 2.75) is 45.2 Å². The molecule has 6 saturated carbocycles. The topological polar surface area (TPSA) is 88.4 Å². The van der Waals surface area contributed by atoms with Crippen LogP contribution < -0.4 is 10.2 Å². The molecule has 190 valence electrons. The van der Waals surface area contributed by atoms with Gasteiger partial charge in [0.15, 0.2) is 0 Å². The monoisotopic (exact) mass is 487 g/mol. The van der Waals surface area contributed by atoms with Gasteiger partial charge < -0.3 is 20.0 Å². The molecule has 8 heteroatoms. The van der Waals surface area contributed by atoms with Crippen molar-refractivity contribution in [2.24, 2.45) is 52.8 Å². The Morgan fingerprint density at radius 2 is 1.67 bits per heavy atom. The van der Waals surface area contributed by atoms with Gasteiger partial charge in [-0.3, -0.25) is 0 Å². The second kappa shape index (κ2) is 7.34. The van der Waals surface area contributed by atoms with E-state index in [0.717, 1.165) is 24.3 Å². The van der Waals surface area contributed by atoms with Crippen molar-refractivity contribution < 1.29 is 4.79 Å². The van der Waals surface area contributed by atoms with Gasteiger partial charge in [0, 0.05) is 38.3 Å². The predicted molar refractivity (Wildman–Crippen MR) is 134 cm³/mol. The summed E-state index contributed by atoms with van der Waals surface area (Å²) in [5.41, 5.74) is 1.28. The highest BCUT2D eigenvalue weighted by Gasteiger charge is 3.03. The van der Waals surface area contributed by atoms with E-state index in [1.54, 1.807) is 12.4 Å². The molecule has 36 heavy (non-hydrogen) atoms. The number of hydrogen-bond acceptors (Lipinski definition) is 6. The molecule has 2 aliphatic heterocycles. The Balaban J connectivity index is 0.779. The number of anilines is 1. The van der Waals surface area contributed by atoms with Gasteiger partial charge in [-0.2, -0.15) is 5.26 Å². The van der Waals surface area contributed by atoms with Crippen LogP contribution in [0.2, 0.25) is 0 Å². The standard InChI is InChI=1S/C28H37N7O/c1-15-12-34(26-31-10-18(9-29)11-32-26)13-16(2)35(15)27(36)30-6-3-17-4-7-33(8-5-17)14-28-23-20-19-21(23)25(28)22(19)24(20)28/h10-11,15-17,19-25H,3-8,12-14H2,1-2H3,(H,30,36)/t15-,16+,19?,20?,21?,22?,23?,24?,25?,28?. The molecule has 2 saturated heterocycles. The van der Waals surface area contributed by atoms with Crippen LogP contribution in [-0.4, -0.2) is 77.2 Å². The molecule has 1 aromatic heterocycles. The lowest BCUT2D eigenvalue weighted by atomic mass is 8.96. The maximum absolute atomic E-state index is 13.1. The van der Waals surface area contributed by atoms with Crippen molar-refractivity contribution in [1.82, 2.24) is 25.1 Å². The second-order valence-electron chi connectivity index (χ2n) is 13.1. The number of carbonyl (C=O) groups excluding carboxylic acids is 1. The first-order valence-corrected chi connectivity index (χ1v) is 14.3. The van der Waals surface area contributed by atoms with Gasteiger partial charge in [-0.25, -0.2) is 14.8 Å². The number of hydrogen-bond donors (Lipinski definition) is 1. The quantitative estimate of drug-likeness (QED) is 0.663. The second-order valence-corrected chi connectivity index (χ2v) is 13.1. The maximum Gasteiger partial charge on any atom is 0.318 e. The zero-order valence-electron chi connectivity index (χ0n) is 21.4. The van der Waals surface area contributed by atoms with Crippen LogP contribution in [0.15, 0.2) is 12.4 Å². The molecule has 8 fully saturated rings. The van der Waals surface area contributed by atoms with Crippen molar-refractivity contribution in [1.29, 1.82) is 5.26 Å². The van der Waals surface area contributed by atoms with Crippen LogP contribution in [0.1, 0.15) is 38.7 Å². The number of rotatable bonds is 6. The fraction of sp³-hybridized carbons (Fsp3) is 0.786. The zero-order chi connectivity index (χ0) is 24.3. The minimum atomic E-state index is 0.0491. The van der Waals surface area contributed by atoms with E-state index in [1.165, 1.54) is 73.9 Å². The average molecular weight is 488 g/mol. The lowest BCUT2D eigenvalue weighted by Crippen LogP contribution is -3.06. The molecular formula is C28H37N7O. The van der Waals surface area contributed by atoms with Crippen LogP contribution in [0.4, 0.5) is 10.7 Å². The first kappa shape index (κ1) is 21.7. The third kappa shape index (κ3) is 2.51. The van der Waals surface area contributed by atoms with Crippen molar-refractivity contribution in [3.63, 3.8) is 0 Å². The van der Waals surface area contributed by atoms with Crippen LogP contribution in [-0.2, 0) is 0 Å². The molecule has 8 nitrogen and oxygen atoms in total. The number of urea groups is 1. The van der Waals surface area contributed by atoms with Crippen LogP contribution >= 0.6 is 0 Å². The molecule has 0 bridgehead atoms. The van der Waals surface area contributed by atoms with E-state index in [4.69, 9.17) is 5.26 Å². The van der Waals surface area contributed by atoms with Gasteiger partial charge in [0.25, 0.3) is 0 Å². The lowest BCUT2D eigenvalue weighted by molar-refractivity contribution is -0.615. The molecule has 8 aliphatic rings. The Morgan fingerprint density at radius 3 is 2.25 bits per heavy atom. The van der Waals surface area contributed by atoms with Crippen LogP contribution in [0, 0.1) is 64.1 Å². The Hall–Kier alpha value is -2.40. The van der Waals surface area contributed by atoms with E-state index < -0.39 is 0 Å². The van der Waals surface area contributed by atoms with E-state index in [0.29, 0.717) is 24.6 Å². The molecular weight excluding hydrogens is 450 g/mol. The summed E-state index contributed by atoms with van der Waals surface area (Å²) in [6, 6.07) is 2.24. The summed E-state index contributed by atoms with van der Waals surface area (Å²) >= 11 is 0. The highest BCUT2D eigenvalue weighted by molar-refractivity contribution is 5.75. The number of piperazine rings is 1. The summed E-state index contributed by atoms with van der Waals surface area (Å²) < 4.78 is 0. The molecule has 9 rings (SSSR count). The summed E-state index contributed by atoms with van der Waals surface area (Å²) in [4.78, 5) is 28.6. The van der Waals surface area contributed by atoms with E-state index in [2.05, 4.69) is 45.0 Å². The van der Waals surface area contributed by atoms with Gasteiger partial charge in [0.2, 0.25) is 5.95 Å². The van der Waals surface area contributed by atoms with Gasteiger partial charge in [-0.15, -0.1) is 0 Å². The van der Waals surface area contributed by atoms with Crippen LogP contribution in [0.5, 0.6) is 0 Å². The number of aromatic nitrogens is 2. The molecule has 1 aromatic rings. The van der Waals surface area contributed by atoms with E-state index in [-0.39, 0.29) is 18.1 Å². The first-order chi connectivity index (χ1) is 17.5. The van der Waals surface area contributed by atoms with Crippen LogP contribution in [0.25, 0.3) is 0 Å². The maximum atomic E-state index is 13.1. The third-order valence-corrected chi connectivity index (χ3v) is 11.9. The average Bonchev–Trinajstić information content (AvgIpc) is 2.89. The fourth-order valence-electron chi connectivity index (χ4n) is 10.7. The number of amides is 2. The van der Waals surface area contributed by atoms with Crippen molar-refractivity contribution in [3.05, 3.63) is 18.0 Å². The van der Waals surface area contributed by atoms with Gasteiger partial charge in [0.05, 0.1) is 18.0 Å². The van der Waals surface area contributed by atoms with Gasteiger partial charge in [0.1, 0.15) is 6.07 Å². The van der Waals surface area contributed by atoms with Crippen LogP contribution in [0.3, 0.4) is 0 Å². The smallest absolute Gasteiger partial charge is 0.318 e. The molecule has 6 aliphatic carbocycles. The fourth-order valence-corrected chi connectivity index (χ4v) is 10.7. The summed E-state index contributed by atoms with van der Waals surface area (Å²) in [5, 5.41) is 12.2. The molecule has 1 N–H and O–H groups in total. The number of nitriles is 1. The molecule has 2 amide bonds. The highest BCUT2D eigenvalue weighted by atomic mass is 16.2. The molecule has 0 spiro atoms. The molecule has 0 radical (unpaired) electrons. The largest absolute Gasteiger partial charge is 0.338 e. The zero-order valence-corrected chi connectivity index (χ0v) is 21.4.